The first-order chi connectivity index (χ1) is 19.9. The van der Waals surface area contributed by atoms with E-state index in [-0.39, 0.29) is 30.1 Å². The number of ether oxygens (including phenoxy) is 2. The van der Waals surface area contributed by atoms with Gasteiger partial charge in [-0.2, -0.15) is 0 Å². The average molecular weight is 604 g/mol. The molecule has 0 aliphatic carbocycles. The molecule has 5 atom stereocenters. The number of carbonyl (C=O) groups is 2. The highest BCUT2D eigenvalue weighted by atomic mass is 32.2. The fraction of sp³-hybridized carbons (Fsp3) is 0.613. The van der Waals surface area contributed by atoms with Gasteiger partial charge in [-0.25, -0.2) is 13.2 Å². The minimum absolute atomic E-state index is 0.0605. The Morgan fingerprint density at radius 1 is 1.10 bits per heavy atom. The van der Waals surface area contributed by atoms with Crippen LogP contribution in [0.1, 0.15) is 52.0 Å². The maximum Gasteiger partial charge on any atom is 0.410 e. The molecule has 11 heteroatoms. The maximum absolute atomic E-state index is 13.0. The number of benzene rings is 1. The van der Waals surface area contributed by atoms with Gasteiger partial charge < -0.3 is 24.4 Å². The fourth-order valence-electron chi connectivity index (χ4n) is 5.67. The number of hydrogen-bond donors (Lipinski definition) is 1. The fourth-order valence-corrected chi connectivity index (χ4v) is 7.23. The lowest BCUT2D eigenvalue weighted by molar-refractivity contribution is -0.151. The van der Waals surface area contributed by atoms with Gasteiger partial charge in [-0.1, -0.05) is 38.1 Å². The van der Waals surface area contributed by atoms with Crippen LogP contribution in [0.3, 0.4) is 0 Å². The number of nitrogens with zero attached hydrogens (tertiary/aromatic N) is 3. The molecule has 0 spiro atoms. The summed E-state index contributed by atoms with van der Waals surface area (Å²) in [5.74, 6) is -0.663. The van der Waals surface area contributed by atoms with Crippen LogP contribution in [-0.2, 0) is 24.3 Å². The first-order valence-electron chi connectivity index (χ1n) is 14.9. The van der Waals surface area contributed by atoms with E-state index in [1.54, 1.807) is 11.0 Å². The predicted octanol–water partition coefficient (Wildman–Crippen LogP) is 3.67. The van der Waals surface area contributed by atoms with Crippen LogP contribution in [-0.4, -0.2) is 99.2 Å². The summed E-state index contributed by atoms with van der Waals surface area (Å²) in [4.78, 5) is 29.7. The normalized spacial score (nSPS) is 30.6. The number of likely N-dealkylation sites (N-methyl/N-ethyl adjacent to an activating group) is 1. The van der Waals surface area contributed by atoms with Gasteiger partial charge in [0.05, 0.1) is 24.0 Å². The van der Waals surface area contributed by atoms with Crippen molar-refractivity contribution in [3.8, 4) is 0 Å². The Labute approximate surface area is 250 Å². The zero-order valence-electron chi connectivity index (χ0n) is 25.1. The molecule has 0 saturated carbocycles. The average Bonchev–Trinajstić information content (AvgIpc) is 3.31. The van der Waals surface area contributed by atoms with Crippen molar-refractivity contribution < 1.29 is 32.6 Å². The van der Waals surface area contributed by atoms with E-state index in [9.17, 15) is 23.1 Å². The van der Waals surface area contributed by atoms with Crippen LogP contribution >= 0.6 is 0 Å². The van der Waals surface area contributed by atoms with E-state index in [0.29, 0.717) is 44.6 Å². The van der Waals surface area contributed by atoms with Crippen LogP contribution < -0.4 is 4.31 Å². The smallest absolute Gasteiger partial charge is 0.410 e. The van der Waals surface area contributed by atoms with Crippen molar-refractivity contribution in [2.45, 2.75) is 64.8 Å². The summed E-state index contributed by atoms with van der Waals surface area (Å²) in [6.45, 7) is 9.07. The molecule has 3 heterocycles. The minimum atomic E-state index is -3.31. The van der Waals surface area contributed by atoms with Gasteiger partial charge in [-0.05, 0) is 68.5 Å². The van der Waals surface area contributed by atoms with Crippen LogP contribution in [0.5, 0.6) is 0 Å². The highest BCUT2D eigenvalue weighted by Crippen LogP contribution is 2.28. The molecule has 0 bridgehead atoms. The highest BCUT2D eigenvalue weighted by molar-refractivity contribution is 7.93. The van der Waals surface area contributed by atoms with E-state index >= 15 is 0 Å². The molecule has 3 aliphatic rings. The van der Waals surface area contributed by atoms with Crippen molar-refractivity contribution in [3.63, 3.8) is 0 Å². The van der Waals surface area contributed by atoms with Gasteiger partial charge in [-0.3, -0.25) is 9.10 Å². The number of rotatable bonds is 4. The lowest BCUT2D eigenvalue weighted by Gasteiger charge is -2.33. The van der Waals surface area contributed by atoms with Crippen LogP contribution in [0, 0.1) is 11.8 Å². The highest BCUT2D eigenvalue weighted by Gasteiger charge is 2.30. The summed E-state index contributed by atoms with van der Waals surface area (Å²) in [6, 6.07) is 7.30. The number of esters is 1. The largest absolute Gasteiger partial charge is 0.457 e. The number of aliphatic hydroxyl groups is 1. The Hall–Kier alpha value is -2.89. The molecule has 0 unspecified atom stereocenters. The second kappa shape index (κ2) is 14.1. The minimum Gasteiger partial charge on any atom is -0.457 e. The lowest BCUT2D eigenvalue weighted by atomic mass is 9.91. The molecular weight excluding hydrogens is 558 g/mol. The van der Waals surface area contributed by atoms with Gasteiger partial charge in [-0.15, -0.1) is 0 Å². The number of carbonyl (C=O) groups excluding carboxylic acids is 2. The molecule has 1 aromatic carbocycles. The van der Waals surface area contributed by atoms with Crippen molar-refractivity contribution in [1.82, 2.24) is 9.80 Å². The molecule has 1 amide bonds. The number of cyclic esters (lactones) is 1. The van der Waals surface area contributed by atoms with Crippen LogP contribution in [0.2, 0.25) is 0 Å². The third-order valence-electron chi connectivity index (χ3n) is 8.36. The number of aliphatic hydroxyl groups excluding tert-OH is 1. The Balaban J connectivity index is 1.56. The molecule has 2 saturated heterocycles. The van der Waals surface area contributed by atoms with Crippen LogP contribution in [0.25, 0.3) is 6.08 Å². The predicted molar refractivity (Wildman–Crippen MR) is 162 cm³/mol. The van der Waals surface area contributed by atoms with E-state index in [2.05, 4.69) is 4.90 Å². The zero-order chi connectivity index (χ0) is 30.4. The van der Waals surface area contributed by atoms with Crippen molar-refractivity contribution in [2.75, 3.05) is 49.8 Å². The molecule has 2 fully saturated rings. The van der Waals surface area contributed by atoms with Gasteiger partial charge in [0.15, 0.2) is 0 Å². The number of piperazine rings is 1. The van der Waals surface area contributed by atoms with E-state index in [1.165, 1.54) is 4.31 Å². The molecule has 232 valence electrons. The molecule has 42 heavy (non-hydrogen) atoms. The first-order valence-corrected chi connectivity index (χ1v) is 16.5. The summed E-state index contributed by atoms with van der Waals surface area (Å²) in [5, 5.41) is 10.6. The summed E-state index contributed by atoms with van der Waals surface area (Å²) in [7, 11) is -1.28. The second-order valence-corrected chi connectivity index (χ2v) is 13.9. The Bertz CT molecular complexity index is 1270. The second-order valence-electron chi connectivity index (χ2n) is 11.9. The molecule has 1 aromatic rings. The molecule has 10 nitrogen and oxygen atoms in total. The van der Waals surface area contributed by atoms with Crippen LogP contribution in [0.4, 0.5) is 10.5 Å². The van der Waals surface area contributed by atoms with Crippen molar-refractivity contribution >= 4 is 33.8 Å². The SMILES string of the molecule is C/C(=C\c1cccc(N2CCCS2(=O)=O)c1)[C@H]1OC(=O)C[C@H](O)CC[C@H](C)[C@@H](OC(=O)N2CCN(C)CC2)/C=C/[C@@H]1C. The summed E-state index contributed by atoms with van der Waals surface area (Å²) in [5.41, 5.74) is 2.17. The maximum atomic E-state index is 13.0. The lowest BCUT2D eigenvalue weighted by Crippen LogP contribution is -2.48. The molecular formula is C31H45N3O7S. The molecule has 4 rings (SSSR count). The van der Waals surface area contributed by atoms with Gasteiger partial charge in [0.2, 0.25) is 10.0 Å². The molecule has 0 radical (unpaired) electrons. The van der Waals surface area contributed by atoms with E-state index in [0.717, 1.165) is 24.2 Å². The summed E-state index contributed by atoms with van der Waals surface area (Å²) in [6.07, 6.45) is 4.80. The Morgan fingerprint density at radius 2 is 1.83 bits per heavy atom. The van der Waals surface area contributed by atoms with E-state index < -0.39 is 34.3 Å². The summed E-state index contributed by atoms with van der Waals surface area (Å²) >= 11 is 0. The van der Waals surface area contributed by atoms with Crippen molar-refractivity contribution in [1.29, 1.82) is 0 Å². The van der Waals surface area contributed by atoms with E-state index in [4.69, 9.17) is 9.47 Å². The third-order valence-corrected chi connectivity index (χ3v) is 10.2. The third kappa shape index (κ3) is 8.35. The Morgan fingerprint density at radius 3 is 2.52 bits per heavy atom. The standard InChI is InChI=1S/C31H45N3O7S/c1-22-9-11-27(35)21-29(36)41-30(23(2)10-12-28(22)40-31(37)33-16-14-32(4)15-17-33)24(3)19-25-7-5-8-26(20-25)34-13-6-18-42(34,38)39/h5,7-8,10,12,19-20,22-23,27-28,30,35H,6,9,11,13-18,21H2,1-4H3/b12-10+,24-19+/t22-,23-,27+,28-,30-/m0/s1. The number of sulfonamides is 1. The molecule has 0 aromatic heterocycles. The van der Waals surface area contributed by atoms with Crippen molar-refractivity contribution in [2.24, 2.45) is 11.8 Å². The molecule has 3 aliphatic heterocycles. The van der Waals surface area contributed by atoms with Gasteiger partial charge >= 0.3 is 12.1 Å². The van der Waals surface area contributed by atoms with Gasteiger partial charge in [0, 0.05) is 38.6 Å². The Kier molecular flexibility index (Phi) is 10.7. The number of amides is 1. The molecule has 1 N–H and O–H groups in total. The zero-order valence-corrected chi connectivity index (χ0v) is 26.0. The van der Waals surface area contributed by atoms with Gasteiger partial charge in [0.25, 0.3) is 0 Å². The van der Waals surface area contributed by atoms with Crippen molar-refractivity contribution in [3.05, 3.63) is 47.6 Å². The first kappa shape index (κ1) is 32.0. The monoisotopic (exact) mass is 603 g/mol. The van der Waals surface area contributed by atoms with E-state index in [1.807, 2.05) is 64.2 Å². The van der Waals surface area contributed by atoms with Gasteiger partial charge in [0.1, 0.15) is 12.2 Å². The number of anilines is 1. The topological polar surface area (TPSA) is 117 Å². The quantitative estimate of drug-likeness (QED) is 0.410. The van der Waals surface area contributed by atoms with Crippen LogP contribution in [0.15, 0.2) is 42.0 Å². The summed E-state index contributed by atoms with van der Waals surface area (Å²) < 4.78 is 38.2. The number of hydrogen-bond acceptors (Lipinski definition) is 8.